The molecule has 0 unspecified atom stereocenters. The first-order valence-electron chi connectivity index (χ1n) is 10.3. The summed E-state index contributed by atoms with van der Waals surface area (Å²) in [5.41, 5.74) is 2.00. The van der Waals surface area contributed by atoms with Crippen LogP contribution in [-0.4, -0.2) is 51.0 Å². The molecule has 0 fully saturated rings. The molecule has 2 rings (SSSR count). The van der Waals surface area contributed by atoms with Crippen LogP contribution in [0.15, 0.2) is 59.5 Å². The lowest BCUT2D eigenvalue weighted by Gasteiger charge is -2.22. The van der Waals surface area contributed by atoms with Crippen LogP contribution in [-0.2, 0) is 26.0 Å². The standard InChI is InChI=1S/C23H32N2O4S/c1-19(2)29-17-7-15-24-23(26)18-25(16-14-21-8-5-4-6-9-21)30(27,28)22-12-10-20(3)11-13-22/h4-6,8-13,19H,7,14-18H2,1-3H3,(H,24,26). The molecule has 0 aliphatic heterocycles. The van der Waals surface area contributed by atoms with E-state index in [1.807, 2.05) is 51.1 Å². The van der Waals surface area contributed by atoms with Gasteiger partial charge in [-0.05, 0) is 51.3 Å². The fraction of sp³-hybridized carbons (Fsp3) is 0.435. The number of ether oxygens (including phenoxy) is 1. The molecule has 164 valence electrons. The first-order valence-corrected chi connectivity index (χ1v) is 11.7. The van der Waals surface area contributed by atoms with E-state index in [0.717, 1.165) is 11.1 Å². The van der Waals surface area contributed by atoms with Gasteiger partial charge in [-0.25, -0.2) is 8.42 Å². The van der Waals surface area contributed by atoms with Gasteiger partial charge in [-0.2, -0.15) is 4.31 Å². The molecule has 0 bridgehead atoms. The first kappa shape index (κ1) is 24.1. The molecule has 30 heavy (non-hydrogen) atoms. The minimum atomic E-state index is -3.78. The van der Waals surface area contributed by atoms with Gasteiger partial charge in [0.1, 0.15) is 0 Å². The second kappa shape index (κ2) is 11.8. The molecule has 0 saturated heterocycles. The van der Waals surface area contributed by atoms with Gasteiger partial charge < -0.3 is 10.1 Å². The van der Waals surface area contributed by atoms with Gasteiger partial charge in [0.2, 0.25) is 15.9 Å². The van der Waals surface area contributed by atoms with E-state index in [4.69, 9.17) is 4.74 Å². The van der Waals surface area contributed by atoms with Crippen molar-refractivity contribution in [2.24, 2.45) is 0 Å². The molecule has 1 N–H and O–H groups in total. The van der Waals surface area contributed by atoms with Gasteiger partial charge in [-0.15, -0.1) is 0 Å². The van der Waals surface area contributed by atoms with Gasteiger partial charge >= 0.3 is 0 Å². The van der Waals surface area contributed by atoms with Crippen LogP contribution in [0.4, 0.5) is 0 Å². The summed E-state index contributed by atoms with van der Waals surface area (Å²) in [5, 5.41) is 2.79. The summed E-state index contributed by atoms with van der Waals surface area (Å²) in [5.74, 6) is -0.316. The van der Waals surface area contributed by atoms with Crippen LogP contribution in [0.1, 0.15) is 31.4 Å². The van der Waals surface area contributed by atoms with Crippen LogP contribution in [0.25, 0.3) is 0 Å². The quantitative estimate of drug-likeness (QED) is 0.523. The summed E-state index contributed by atoms with van der Waals surface area (Å²) >= 11 is 0. The number of carbonyl (C=O) groups excluding carboxylic acids is 1. The van der Waals surface area contributed by atoms with E-state index in [0.29, 0.717) is 26.0 Å². The molecule has 0 aliphatic carbocycles. The van der Waals surface area contributed by atoms with Gasteiger partial charge in [0.05, 0.1) is 17.5 Å². The minimum absolute atomic E-state index is 0.147. The molecule has 0 radical (unpaired) electrons. The third kappa shape index (κ3) is 7.89. The zero-order chi connectivity index (χ0) is 22.0. The number of rotatable bonds is 12. The topological polar surface area (TPSA) is 75.7 Å². The lowest BCUT2D eigenvalue weighted by atomic mass is 10.1. The van der Waals surface area contributed by atoms with Crippen LogP contribution < -0.4 is 5.32 Å². The molecule has 0 aliphatic rings. The van der Waals surface area contributed by atoms with Gasteiger partial charge in [-0.1, -0.05) is 48.0 Å². The van der Waals surface area contributed by atoms with E-state index in [2.05, 4.69) is 5.32 Å². The Bertz CT molecular complexity index is 881. The van der Waals surface area contributed by atoms with Crippen molar-refractivity contribution in [1.29, 1.82) is 0 Å². The second-order valence-corrected chi connectivity index (χ2v) is 9.45. The minimum Gasteiger partial charge on any atom is -0.379 e. The van der Waals surface area contributed by atoms with Crippen LogP contribution in [0.5, 0.6) is 0 Å². The van der Waals surface area contributed by atoms with Crippen LogP contribution in [0.3, 0.4) is 0 Å². The van der Waals surface area contributed by atoms with Crippen LogP contribution >= 0.6 is 0 Å². The van der Waals surface area contributed by atoms with Crippen molar-refractivity contribution in [2.45, 2.75) is 44.6 Å². The molecular formula is C23H32N2O4S. The van der Waals surface area contributed by atoms with E-state index in [-0.39, 0.29) is 30.0 Å². The second-order valence-electron chi connectivity index (χ2n) is 7.51. The van der Waals surface area contributed by atoms with Gasteiger partial charge in [-0.3, -0.25) is 4.79 Å². The number of nitrogens with one attached hydrogen (secondary N) is 1. The SMILES string of the molecule is Cc1ccc(S(=O)(=O)N(CCc2ccccc2)CC(=O)NCCCOC(C)C)cc1. The van der Waals surface area contributed by atoms with Crippen LogP contribution in [0.2, 0.25) is 0 Å². The zero-order valence-corrected chi connectivity index (χ0v) is 18.8. The Balaban J connectivity index is 2.05. The van der Waals surface area contributed by atoms with Crippen molar-refractivity contribution in [3.63, 3.8) is 0 Å². The fourth-order valence-electron chi connectivity index (χ4n) is 2.88. The lowest BCUT2D eigenvalue weighted by Crippen LogP contribution is -2.42. The van der Waals surface area contributed by atoms with E-state index < -0.39 is 10.0 Å². The highest BCUT2D eigenvalue weighted by Gasteiger charge is 2.26. The molecule has 0 saturated carbocycles. The highest BCUT2D eigenvalue weighted by atomic mass is 32.2. The number of benzene rings is 2. The number of nitrogens with zero attached hydrogens (tertiary/aromatic N) is 1. The average molecular weight is 433 g/mol. The monoisotopic (exact) mass is 432 g/mol. The summed E-state index contributed by atoms with van der Waals surface area (Å²) in [6, 6.07) is 16.3. The number of carbonyl (C=O) groups is 1. The van der Waals surface area contributed by atoms with Crippen molar-refractivity contribution in [2.75, 3.05) is 26.2 Å². The van der Waals surface area contributed by atoms with Crippen molar-refractivity contribution in [3.8, 4) is 0 Å². The Hall–Kier alpha value is -2.22. The maximum Gasteiger partial charge on any atom is 0.243 e. The number of hydrogen-bond donors (Lipinski definition) is 1. The van der Waals surface area contributed by atoms with Crippen molar-refractivity contribution in [3.05, 3.63) is 65.7 Å². The fourth-order valence-corrected chi connectivity index (χ4v) is 4.27. The summed E-state index contributed by atoms with van der Waals surface area (Å²) in [7, 11) is -3.78. The normalized spacial score (nSPS) is 11.8. The van der Waals surface area contributed by atoms with Crippen LogP contribution in [0, 0.1) is 6.92 Å². The highest BCUT2D eigenvalue weighted by Crippen LogP contribution is 2.17. The van der Waals surface area contributed by atoms with E-state index >= 15 is 0 Å². The maximum atomic E-state index is 13.2. The van der Waals surface area contributed by atoms with Crippen molar-refractivity contribution < 1.29 is 17.9 Å². The third-order valence-corrected chi connectivity index (χ3v) is 6.43. The molecule has 0 spiro atoms. The lowest BCUT2D eigenvalue weighted by molar-refractivity contribution is -0.121. The van der Waals surface area contributed by atoms with E-state index in [1.165, 1.54) is 4.31 Å². The Labute approximate surface area is 180 Å². The zero-order valence-electron chi connectivity index (χ0n) is 18.0. The number of amides is 1. The molecule has 7 heteroatoms. The molecule has 0 aromatic heterocycles. The summed E-state index contributed by atoms with van der Waals surface area (Å²) in [6.45, 7) is 6.83. The van der Waals surface area contributed by atoms with Gasteiger partial charge in [0, 0.05) is 19.7 Å². The van der Waals surface area contributed by atoms with Crippen molar-refractivity contribution in [1.82, 2.24) is 9.62 Å². The smallest absolute Gasteiger partial charge is 0.243 e. The predicted molar refractivity (Wildman–Crippen MR) is 119 cm³/mol. The molecule has 6 nitrogen and oxygen atoms in total. The molecule has 2 aromatic rings. The average Bonchev–Trinajstić information content (AvgIpc) is 2.71. The van der Waals surface area contributed by atoms with Gasteiger partial charge in [0.15, 0.2) is 0 Å². The maximum absolute atomic E-state index is 13.2. The number of sulfonamides is 1. The molecule has 0 atom stereocenters. The highest BCUT2D eigenvalue weighted by molar-refractivity contribution is 7.89. The molecule has 0 heterocycles. The van der Waals surface area contributed by atoms with E-state index in [1.54, 1.807) is 24.3 Å². The number of aryl methyl sites for hydroxylation is 1. The number of hydrogen-bond acceptors (Lipinski definition) is 4. The van der Waals surface area contributed by atoms with E-state index in [9.17, 15) is 13.2 Å². The molecule has 1 amide bonds. The summed E-state index contributed by atoms with van der Waals surface area (Å²) < 4.78 is 33.1. The van der Waals surface area contributed by atoms with Gasteiger partial charge in [0.25, 0.3) is 0 Å². The predicted octanol–water partition coefficient (Wildman–Crippen LogP) is 3.16. The Morgan fingerprint density at radius 3 is 2.37 bits per heavy atom. The Morgan fingerprint density at radius 2 is 1.73 bits per heavy atom. The first-order chi connectivity index (χ1) is 14.3. The third-order valence-electron chi connectivity index (χ3n) is 4.57. The molecule has 2 aromatic carbocycles. The molecular weight excluding hydrogens is 400 g/mol. The Morgan fingerprint density at radius 1 is 1.07 bits per heavy atom. The summed E-state index contributed by atoms with van der Waals surface area (Å²) in [6.07, 6.45) is 1.36. The largest absolute Gasteiger partial charge is 0.379 e. The Kier molecular flexibility index (Phi) is 9.49. The summed E-state index contributed by atoms with van der Waals surface area (Å²) in [4.78, 5) is 12.6. The van der Waals surface area contributed by atoms with Crippen molar-refractivity contribution >= 4 is 15.9 Å².